The molecular weight excluding hydrogens is 104 g/mol. The van der Waals surface area contributed by atoms with E-state index in [2.05, 4.69) is 0 Å². The van der Waals surface area contributed by atoms with Gasteiger partial charge in [0.25, 0.3) is 0 Å². The molecule has 2 nitrogen and oxygen atoms in total. The zero-order valence-electron chi connectivity index (χ0n) is 5.47. The maximum absolute atomic E-state index is 8.83. The van der Waals surface area contributed by atoms with E-state index in [1.54, 1.807) is 13.8 Å². The summed E-state index contributed by atoms with van der Waals surface area (Å²) in [4.78, 5) is 0. The molecule has 0 aromatic heterocycles. The lowest BCUT2D eigenvalue weighted by molar-refractivity contribution is 0.167. The van der Waals surface area contributed by atoms with Crippen LogP contribution < -0.4 is 0 Å². The molecule has 1 atom stereocenters. The monoisotopic (exact) mass is 116 g/mol. The molecule has 0 bridgehead atoms. The normalized spacial score (nSPS) is 13.0. The molecule has 0 saturated carbocycles. The molecule has 0 radical (unpaired) electrons. The summed E-state index contributed by atoms with van der Waals surface area (Å²) in [6.45, 7) is 5.03. The van der Waals surface area contributed by atoms with Crippen LogP contribution in [0.5, 0.6) is 0 Å². The first kappa shape index (κ1) is 7.50. The van der Waals surface area contributed by atoms with Gasteiger partial charge in [0.05, 0.1) is 0 Å². The van der Waals surface area contributed by atoms with Gasteiger partial charge in [0.2, 0.25) is 0 Å². The topological polar surface area (TPSA) is 40.5 Å². The summed E-state index contributed by atoms with van der Waals surface area (Å²) in [7, 11) is 0. The lowest BCUT2D eigenvalue weighted by Gasteiger charge is -2.03. The Morgan fingerprint density at radius 2 is 1.75 bits per heavy atom. The minimum absolute atomic E-state index is 0.0741. The summed E-state index contributed by atoms with van der Waals surface area (Å²) in [6.07, 6.45) is -0.722. The molecule has 0 aliphatic carbocycles. The van der Waals surface area contributed by atoms with Crippen LogP contribution in [0.15, 0.2) is 11.3 Å². The van der Waals surface area contributed by atoms with Gasteiger partial charge in [-0.05, 0) is 26.3 Å². The van der Waals surface area contributed by atoms with E-state index < -0.39 is 6.10 Å². The van der Waals surface area contributed by atoms with E-state index in [9.17, 15) is 0 Å². The Morgan fingerprint density at radius 1 is 1.38 bits per heavy atom. The Morgan fingerprint density at radius 3 is 1.75 bits per heavy atom. The predicted octanol–water partition coefficient (Wildman–Crippen LogP) is 1.22. The molecule has 0 heterocycles. The molecule has 48 valence electrons. The number of aliphatic hydroxyl groups excluding tert-OH is 2. The van der Waals surface area contributed by atoms with E-state index in [0.717, 1.165) is 5.57 Å². The van der Waals surface area contributed by atoms with Crippen LogP contribution >= 0.6 is 0 Å². The summed E-state index contributed by atoms with van der Waals surface area (Å²) >= 11 is 0. The highest BCUT2D eigenvalue weighted by molar-refractivity contribution is 5.04. The average molecular weight is 116 g/mol. The highest BCUT2D eigenvalue weighted by atomic mass is 16.3. The summed E-state index contributed by atoms with van der Waals surface area (Å²) in [5.41, 5.74) is 0.764. The van der Waals surface area contributed by atoms with Crippen molar-refractivity contribution >= 4 is 0 Å². The minimum atomic E-state index is -0.722. The fraction of sp³-hybridized carbons (Fsp3) is 0.667. The van der Waals surface area contributed by atoms with Crippen molar-refractivity contribution in [3.63, 3.8) is 0 Å². The lowest BCUT2D eigenvalue weighted by atomic mass is 10.2. The van der Waals surface area contributed by atoms with Gasteiger partial charge in [0.1, 0.15) is 11.9 Å². The summed E-state index contributed by atoms with van der Waals surface area (Å²) < 4.78 is 0. The molecule has 0 saturated heterocycles. The number of hydrogen-bond donors (Lipinski definition) is 2. The van der Waals surface area contributed by atoms with Gasteiger partial charge >= 0.3 is 0 Å². The van der Waals surface area contributed by atoms with Gasteiger partial charge in [-0.15, -0.1) is 0 Å². The molecule has 0 spiro atoms. The molecule has 0 rings (SSSR count). The molecule has 0 aliphatic heterocycles. The van der Waals surface area contributed by atoms with Crippen molar-refractivity contribution in [2.45, 2.75) is 26.9 Å². The molecule has 2 heteroatoms. The Hall–Kier alpha value is -0.500. The van der Waals surface area contributed by atoms with Crippen LogP contribution in [-0.2, 0) is 0 Å². The van der Waals surface area contributed by atoms with Crippen LogP contribution in [0.25, 0.3) is 0 Å². The predicted molar refractivity (Wildman–Crippen MR) is 32.7 cm³/mol. The van der Waals surface area contributed by atoms with Gasteiger partial charge in [0.15, 0.2) is 0 Å². The van der Waals surface area contributed by atoms with Gasteiger partial charge in [0, 0.05) is 0 Å². The second-order valence-electron chi connectivity index (χ2n) is 2.06. The van der Waals surface area contributed by atoms with Gasteiger partial charge in [-0.3, -0.25) is 0 Å². The van der Waals surface area contributed by atoms with Crippen LogP contribution in [0.1, 0.15) is 20.8 Å². The first-order valence-electron chi connectivity index (χ1n) is 2.60. The van der Waals surface area contributed by atoms with E-state index in [0.29, 0.717) is 0 Å². The Bertz CT molecular complexity index is 99.1. The molecular formula is C6H12O2. The van der Waals surface area contributed by atoms with E-state index in [4.69, 9.17) is 10.2 Å². The van der Waals surface area contributed by atoms with Crippen molar-refractivity contribution in [3.05, 3.63) is 11.3 Å². The largest absolute Gasteiger partial charge is 0.510 e. The van der Waals surface area contributed by atoms with Gasteiger partial charge in [-0.2, -0.15) is 0 Å². The lowest BCUT2D eigenvalue weighted by Crippen LogP contribution is -2.04. The highest BCUT2D eigenvalue weighted by Crippen LogP contribution is 2.02. The van der Waals surface area contributed by atoms with Crippen molar-refractivity contribution < 1.29 is 10.2 Å². The SMILES string of the molecule is CC(C)=C(O)C(C)O. The van der Waals surface area contributed by atoms with Crippen LogP contribution in [0.4, 0.5) is 0 Å². The van der Waals surface area contributed by atoms with Crippen LogP contribution in [0.3, 0.4) is 0 Å². The summed E-state index contributed by atoms with van der Waals surface area (Å²) in [6, 6.07) is 0. The first-order valence-corrected chi connectivity index (χ1v) is 2.60. The zero-order chi connectivity index (χ0) is 6.73. The van der Waals surface area contributed by atoms with E-state index in [-0.39, 0.29) is 5.76 Å². The van der Waals surface area contributed by atoms with Crippen LogP contribution in [-0.4, -0.2) is 16.3 Å². The second kappa shape index (κ2) is 2.72. The van der Waals surface area contributed by atoms with Crippen LogP contribution in [0, 0.1) is 0 Å². The number of allylic oxidation sites excluding steroid dienone is 1. The molecule has 8 heavy (non-hydrogen) atoms. The standard InChI is InChI=1S/C6H12O2/c1-4(2)6(8)5(3)7/h5,7-8H,1-3H3. The zero-order valence-corrected chi connectivity index (χ0v) is 5.47. The average Bonchev–Trinajstić information content (AvgIpc) is 1.64. The Labute approximate surface area is 49.5 Å². The molecule has 0 aliphatic rings. The molecule has 0 fully saturated rings. The van der Waals surface area contributed by atoms with Crippen molar-refractivity contribution in [2.24, 2.45) is 0 Å². The van der Waals surface area contributed by atoms with Gasteiger partial charge < -0.3 is 10.2 Å². The van der Waals surface area contributed by atoms with Crippen LogP contribution in [0.2, 0.25) is 0 Å². The van der Waals surface area contributed by atoms with E-state index in [1.165, 1.54) is 6.92 Å². The quantitative estimate of drug-likeness (QED) is 0.506. The third-order valence-electron chi connectivity index (χ3n) is 0.908. The molecule has 1 unspecified atom stereocenters. The number of hydrogen-bond acceptors (Lipinski definition) is 2. The maximum Gasteiger partial charge on any atom is 0.119 e. The van der Waals surface area contributed by atoms with Gasteiger partial charge in [-0.25, -0.2) is 0 Å². The van der Waals surface area contributed by atoms with Crippen molar-refractivity contribution in [2.75, 3.05) is 0 Å². The number of rotatable bonds is 1. The van der Waals surface area contributed by atoms with Crippen molar-refractivity contribution in [1.82, 2.24) is 0 Å². The third kappa shape index (κ3) is 1.98. The van der Waals surface area contributed by atoms with Crippen molar-refractivity contribution in [1.29, 1.82) is 0 Å². The van der Waals surface area contributed by atoms with Crippen molar-refractivity contribution in [3.8, 4) is 0 Å². The molecule has 0 aromatic rings. The number of aliphatic hydroxyl groups is 2. The van der Waals surface area contributed by atoms with E-state index >= 15 is 0 Å². The third-order valence-corrected chi connectivity index (χ3v) is 0.908. The molecule has 2 N–H and O–H groups in total. The van der Waals surface area contributed by atoms with Gasteiger partial charge in [-0.1, -0.05) is 0 Å². The smallest absolute Gasteiger partial charge is 0.119 e. The first-order chi connectivity index (χ1) is 3.55. The Balaban J connectivity index is 4.00. The summed E-state index contributed by atoms with van der Waals surface area (Å²) in [5.74, 6) is 0.0741. The van der Waals surface area contributed by atoms with E-state index in [1.807, 2.05) is 0 Å². The maximum atomic E-state index is 8.83. The Kier molecular flexibility index (Phi) is 2.55. The highest BCUT2D eigenvalue weighted by Gasteiger charge is 2.01. The minimum Gasteiger partial charge on any atom is -0.510 e. The fourth-order valence-corrected chi connectivity index (χ4v) is 0.418. The summed E-state index contributed by atoms with van der Waals surface area (Å²) in [5, 5.41) is 17.5. The second-order valence-corrected chi connectivity index (χ2v) is 2.06. The molecule has 0 aromatic carbocycles. The fourth-order valence-electron chi connectivity index (χ4n) is 0.418. The molecule has 0 amide bonds.